The topological polar surface area (TPSA) is 32.9 Å². The first-order valence-electron chi connectivity index (χ1n) is 4.96. The summed E-state index contributed by atoms with van der Waals surface area (Å²) in [6, 6.07) is 8.23. The van der Waals surface area contributed by atoms with Crippen LogP contribution in [0.5, 0.6) is 0 Å². The first-order valence-corrected chi connectivity index (χ1v) is 4.96. The van der Waals surface area contributed by atoms with Gasteiger partial charge in [-0.15, -0.1) is 0 Å². The first-order chi connectivity index (χ1) is 7.31. The fourth-order valence-electron chi connectivity index (χ4n) is 1.68. The number of hydrogen-bond acceptors (Lipinski definition) is 1. The number of carbonyl (C=O) groups excluding carboxylic acids is 1. The SMILES string of the molecule is Cc1ccccc1Cc1c[nH]cc1C=O. The summed E-state index contributed by atoms with van der Waals surface area (Å²) in [5.41, 5.74) is 4.33. The van der Waals surface area contributed by atoms with E-state index in [0.717, 1.165) is 23.8 Å². The van der Waals surface area contributed by atoms with Crippen LogP contribution in [0.25, 0.3) is 0 Å². The number of aromatic amines is 1. The predicted octanol–water partition coefficient (Wildman–Crippen LogP) is 2.73. The summed E-state index contributed by atoms with van der Waals surface area (Å²) < 4.78 is 0. The van der Waals surface area contributed by atoms with E-state index in [0.29, 0.717) is 0 Å². The highest BCUT2D eigenvalue weighted by molar-refractivity contribution is 5.77. The number of aromatic nitrogens is 1. The van der Waals surface area contributed by atoms with E-state index in [9.17, 15) is 4.79 Å². The lowest BCUT2D eigenvalue weighted by atomic mass is 10.0. The molecule has 2 heteroatoms. The van der Waals surface area contributed by atoms with Crippen LogP contribution in [0.2, 0.25) is 0 Å². The van der Waals surface area contributed by atoms with E-state index in [-0.39, 0.29) is 0 Å². The zero-order chi connectivity index (χ0) is 10.7. The summed E-state index contributed by atoms with van der Waals surface area (Å²) in [6.07, 6.45) is 5.32. The van der Waals surface area contributed by atoms with E-state index in [2.05, 4.69) is 24.0 Å². The Kier molecular flexibility index (Phi) is 2.68. The van der Waals surface area contributed by atoms with Crippen LogP contribution in [0.15, 0.2) is 36.7 Å². The van der Waals surface area contributed by atoms with Crippen LogP contribution in [-0.2, 0) is 6.42 Å². The van der Waals surface area contributed by atoms with Crippen molar-refractivity contribution in [2.24, 2.45) is 0 Å². The molecule has 0 spiro atoms. The minimum Gasteiger partial charge on any atom is -0.367 e. The minimum absolute atomic E-state index is 0.748. The standard InChI is InChI=1S/C13H13NO/c1-10-4-2-3-5-11(10)6-12-7-14-8-13(12)9-15/h2-5,7-9,14H,6H2,1H3. The molecule has 76 valence electrons. The van der Waals surface area contributed by atoms with Crippen molar-refractivity contribution >= 4 is 6.29 Å². The molecule has 0 radical (unpaired) electrons. The third-order valence-electron chi connectivity index (χ3n) is 2.64. The number of aryl methyl sites for hydroxylation is 1. The minimum atomic E-state index is 0.748. The monoisotopic (exact) mass is 199 g/mol. The van der Waals surface area contributed by atoms with E-state index in [1.165, 1.54) is 11.1 Å². The lowest BCUT2D eigenvalue weighted by Gasteiger charge is -2.04. The maximum Gasteiger partial charge on any atom is 0.151 e. The second kappa shape index (κ2) is 4.13. The van der Waals surface area contributed by atoms with Gasteiger partial charge in [0.2, 0.25) is 0 Å². The van der Waals surface area contributed by atoms with E-state index in [4.69, 9.17) is 0 Å². The van der Waals surface area contributed by atoms with E-state index >= 15 is 0 Å². The summed E-state index contributed by atoms with van der Waals surface area (Å²) in [4.78, 5) is 13.7. The van der Waals surface area contributed by atoms with Crippen molar-refractivity contribution < 1.29 is 4.79 Å². The molecule has 2 aromatic rings. The molecule has 0 unspecified atom stereocenters. The van der Waals surface area contributed by atoms with Crippen molar-refractivity contribution in [2.45, 2.75) is 13.3 Å². The third-order valence-corrected chi connectivity index (χ3v) is 2.64. The molecule has 0 atom stereocenters. The summed E-state index contributed by atoms with van der Waals surface area (Å²) in [5, 5.41) is 0. The largest absolute Gasteiger partial charge is 0.367 e. The highest BCUT2D eigenvalue weighted by Crippen LogP contribution is 2.15. The molecule has 1 aromatic heterocycles. The molecule has 0 saturated carbocycles. The second-order valence-electron chi connectivity index (χ2n) is 3.66. The Balaban J connectivity index is 2.29. The maximum absolute atomic E-state index is 10.7. The lowest BCUT2D eigenvalue weighted by molar-refractivity contribution is 0.112. The van der Waals surface area contributed by atoms with Crippen LogP contribution in [0.3, 0.4) is 0 Å². The maximum atomic E-state index is 10.7. The summed E-state index contributed by atoms with van der Waals surface area (Å²) >= 11 is 0. The molecule has 0 aliphatic rings. The number of H-pyrrole nitrogens is 1. The zero-order valence-corrected chi connectivity index (χ0v) is 8.66. The number of nitrogens with one attached hydrogen (secondary N) is 1. The van der Waals surface area contributed by atoms with Crippen LogP contribution in [0.1, 0.15) is 27.0 Å². The predicted molar refractivity (Wildman–Crippen MR) is 60.2 cm³/mol. The average molecular weight is 199 g/mol. The molecule has 0 aliphatic carbocycles. The molecule has 0 amide bonds. The molecule has 0 aliphatic heterocycles. The van der Waals surface area contributed by atoms with Gasteiger partial charge in [0, 0.05) is 18.0 Å². The number of carbonyl (C=O) groups is 1. The Morgan fingerprint density at radius 1 is 1.20 bits per heavy atom. The van der Waals surface area contributed by atoms with Gasteiger partial charge in [-0.2, -0.15) is 0 Å². The smallest absolute Gasteiger partial charge is 0.151 e. The van der Waals surface area contributed by atoms with Gasteiger partial charge in [0.1, 0.15) is 0 Å². The van der Waals surface area contributed by atoms with Gasteiger partial charge in [-0.25, -0.2) is 0 Å². The van der Waals surface area contributed by atoms with Crippen LogP contribution < -0.4 is 0 Å². The molecular formula is C13H13NO. The molecule has 0 fully saturated rings. The highest BCUT2D eigenvalue weighted by Gasteiger charge is 2.04. The molecular weight excluding hydrogens is 186 g/mol. The zero-order valence-electron chi connectivity index (χ0n) is 8.66. The van der Waals surface area contributed by atoms with Gasteiger partial charge in [0.25, 0.3) is 0 Å². The molecule has 1 N–H and O–H groups in total. The van der Waals surface area contributed by atoms with Crippen molar-refractivity contribution in [2.75, 3.05) is 0 Å². The van der Waals surface area contributed by atoms with Crippen LogP contribution in [0, 0.1) is 6.92 Å². The Bertz CT molecular complexity index is 471. The van der Waals surface area contributed by atoms with Gasteiger partial charge < -0.3 is 4.98 Å². The van der Waals surface area contributed by atoms with Gasteiger partial charge in [-0.05, 0) is 30.0 Å². The van der Waals surface area contributed by atoms with E-state index in [1.54, 1.807) is 6.20 Å². The summed E-state index contributed by atoms with van der Waals surface area (Å²) in [7, 11) is 0. The number of hydrogen-bond donors (Lipinski definition) is 1. The van der Waals surface area contributed by atoms with Gasteiger partial charge in [-0.3, -0.25) is 4.79 Å². The normalized spacial score (nSPS) is 10.2. The van der Waals surface area contributed by atoms with Gasteiger partial charge >= 0.3 is 0 Å². The molecule has 15 heavy (non-hydrogen) atoms. The third kappa shape index (κ3) is 1.99. The van der Waals surface area contributed by atoms with E-state index < -0.39 is 0 Å². The van der Waals surface area contributed by atoms with Crippen molar-refractivity contribution in [3.8, 4) is 0 Å². The van der Waals surface area contributed by atoms with Crippen molar-refractivity contribution in [3.63, 3.8) is 0 Å². The molecule has 0 saturated heterocycles. The summed E-state index contributed by atoms with van der Waals surface area (Å²) in [5.74, 6) is 0. The Morgan fingerprint density at radius 3 is 2.73 bits per heavy atom. The van der Waals surface area contributed by atoms with Gasteiger partial charge in [0.15, 0.2) is 6.29 Å². The quantitative estimate of drug-likeness (QED) is 0.757. The average Bonchev–Trinajstić information content (AvgIpc) is 2.69. The highest BCUT2D eigenvalue weighted by atomic mass is 16.1. The van der Waals surface area contributed by atoms with Crippen molar-refractivity contribution in [1.29, 1.82) is 0 Å². The van der Waals surface area contributed by atoms with Gasteiger partial charge in [0.05, 0.1) is 0 Å². The number of benzene rings is 1. The van der Waals surface area contributed by atoms with Crippen molar-refractivity contribution in [3.05, 3.63) is 58.9 Å². The molecule has 1 heterocycles. The number of rotatable bonds is 3. The fraction of sp³-hybridized carbons (Fsp3) is 0.154. The van der Waals surface area contributed by atoms with Crippen molar-refractivity contribution in [1.82, 2.24) is 4.98 Å². The van der Waals surface area contributed by atoms with Crippen LogP contribution >= 0.6 is 0 Å². The fourth-order valence-corrected chi connectivity index (χ4v) is 1.68. The summed E-state index contributed by atoms with van der Waals surface area (Å²) in [6.45, 7) is 2.09. The first kappa shape index (κ1) is 9.71. The Labute approximate surface area is 89.0 Å². The van der Waals surface area contributed by atoms with Crippen LogP contribution in [0.4, 0.5) is 0 Å². The molecule has 2 rings (SSSR count). The lowest BCUT2D eigenvalue weighted by Crippen LogP contribution is -1.92. The van der Waals surface area contributed by atoms with Crippen LogP contribution in [-0.4, -0.2) is 11.3 Å². The Morgan fingerprint density at radius 2 is 2.00 bits per heavy atom. The molecule has 1 aromatic carbocycles. The van der Waals surface area contributed by atoms with E-state index in [1.807, 2.05) is 18.3 Å². The number of aldehydes is 1. The molecule has 2 nitrogen and oxygen atoms in total. The molecule has 0 bridgehead atoms. The van der Waals surface area contributed by atoms with Gasteiger partial charge in [-0.1, -0.05) is 24.3 Å². The second-order valence-corrected chi connectivity index (χ2v) is 3.66. The Hall–Kier alpha value is -1.83.